The average Bonchev–Trinajstić information content (AvgIpc) is 2.48. The molecule has 0 spiro atoms. The lowest BCUT2D eigenvalue weighted by Crippen LogP contribution is -2.34. The molecule has 0 unspecified atom stereocenters. The van der Waals surface area contributed by atoms with E-state index in [4.69, 9.17) is 10.2 Å². The average molecular weight is 289 g/mol. The van der Waals surface area contributed by atoms with Crippen molar-refractivity contribution in [1.29, 1.82) is 0 Å². The second-order valence-electron chi connectivity index (χ2n) is 4.82. The van der Waals surface area contributed by atoms with Crippen LogP contribution in [0.5, 0.6) is 0 Å². The summed E-state index contributed by atoms with van der Waals surface area (Å²) in [6, 6.07) is 5.52. The first-order valence-corrected chi connectivity index (χ1v) is 7.24. The van der Waals surface area contributed by atoms with Crippen molar-refractivity contribution in [2.75, 3.05) is 26.3 Å². The van der Waals surface area contributed by atoms with E-state index in [1.807, 2.05) is 26.0 Å². The van der Waals surface area contributed by atoms with Gasteiger partial charge in [-0.2, -0.15) is 0 Å². The lowest BCUT2D eigenvalue weighted by atomic mass is 10.0. The van der Waals surface area contributed by atoms with E-state index >= 15 is 0 Å². The second kappa shape index (κ2) is 9.17. The van der Waals surface area contributed by atoms with Crippen molar-refractivity contribution in [2.24, 2.45) is 0 Å². The van der Waals surface area contributed by atoms with Crippen molar-refractivity contribution in [1.82, 2.24) is 4.90 Å². The van der Waals surface area contributed by atoms with Crippen LogP contribution >= 0.6 is 0 Å². The third-order valence-electron chi connectivity index (χ3n) is 3.09. The number of amides is 1. The van der Waals surface area contributed by atoms with E-state index < -0.39 is 0 Å². The quantitative estimate of drug-likeness (QED) is 0.782. The highest BCUT2D eigenvalue weighted by Crippen LogP contribution is 2.14. The van der Waals surface area contributed by atoms with Crippen LogP contribution in [-0.4, -0.2) is 47.3 Å². The number of carbonyl (C=O) groups excluding carboxylic acids is 1. The summed E-state index contributed by atoms with van der Waals surface area (Å²) in [6.07, 6.45) is 1.27. The number of aliphatic hydroxyl groups excluding tert-OH is 2. The zero-order valence-electron chi connectivity index (χ0n) is 12.7. The number of hydrogen-bond acceptors (Lipinski definition) is 3. The summed E-state index contributed by atoms with van der Waals surface area (Å²) >= 11 is 0. The van der Waals surface area contributed by atoms with Gasteiger partial charge in [0.15, 0.2) is 0 Å². The minimum absolute atomic E-state index is 0.0332. The molecule has 0 saturated heterocycles. The van der Waals surface area contributed by atoms with Crippen molar-refractivity contribution in [3.8, 4) is 11.8 Å². The standard InChI is InChI=1S/C17H23NO3/c1-3-9-18(10-12-20)17(21)16-13-15(6-4-5-11-19)8-7-14(16)2/h7-8,13,19-20H,3,5,9-12H2,1-2H3. The molecule has 0 aliphatic heterocycles. The van der Waals surface area contributed by atoms with Gasteiger partial charge in [0, 0.05) is 30.6 Å². The van der Waals surface area contributed by atoms with Crippen molar-refractivity contribution >= 4 is 5.91 Å². The van der Waals surface area contributed by atoms with Crippen LogP contribution in [0.2, 0.25) is 0 Å². The third-order valence-corrected chi connectivity index (χ3v) is 3.09. The molecule has 21 heavy (non-hydrogen) atoms. The van der Waals surface area contributed by atoms with Gasteiger partial charge in [-0.3, -0.25) is 4.79 Å². The molecule has 1 amide bonds. The Kier molecular flexibility index (Phi) is 7.52. The van der Waals surface area contributed by atoms with Crippen LogP contribution < -0.4 is 0 Å². The highest BCUT2D eigenvalue weighted by Gasteiger charge is 2.16. The molecule has 114 valence electrons. The van der Waals surface area contributed by atoms with Gasteiger partial charge in [0.2, 0.25) is 0 Å². The Bertz CT molecular complexity index is 523. The molecule has 0 heterocycles. The minimum atomic E-state index is -0.0748. The summed E-state index contributed by atoms with van der Waals surface area (Å²) in [6.45, 7) is 4.85. The summed E-state index contributed by atoms with van der Waals surface area (Å²) in [7, 11) is 0. The molecule has 4 heteroatoms. The maximum atomic E-state index is 12.6. The van der Waals surface area contributed by atoms with Gasteiger partial charge in [0.1, 0.15) is 0 Å². The third kappa shape index (κ3) is 5.22. The zero-order chi connectivity index (χ0) is 15.7. The van der Waals surface area contributed by atoms with Crippen LogP contribution in [0, 0.1) is 18.8 Å². The van der Waals surface area contributed by atoms with Crippen LogP contribution in [0.15, 0.2) is 18.2 Å². The number of hydrogen-bond donors (Lipinski definition) is 2. The molecule has 0 radical (unpaired) electrons. The van der Waals surface area contributed by atoms with E-state index in [9.17, 15) is 4.79 Å². The molecule has 0 aromatic heterocycles. The number of aliphatic hydroxyl groups is 2. The molecule has 0 aliphatic carbocycles. The first-order chi connectivity index (χ1) is 10.1. The Labute approximate surface area is 126 Å². The Morgan fingerprint density at radius 3 is 2.62 bits per heavy atom. The minimum Gasteiger partial charge on any atom is -0.395 e. The van der Waals surface area contributed by atoms with E-state index in [1.54, 1.807) is 11.0 Å². The fourth-order valence-electron chi connectivity index (χ4n) is 2.03. The predicted octanol–water partition coefficient (Wildman–Crippen LogP) is 1.57. The van der Waals surface area contributed by atoms with Gasteiger partial charge in [0.25, 0.3) is 5.91 Å². The molecule has 0 aliphatic rings. The zero-order valence-corrected chi connectivity index (χ0v) is 12.7. The Morgan fingerprint density at radius 2 is 2.00 bits per heavy atom. The molecule has 1 aromatic carbocycles. The molecular weight excluding hydrogens is 266 g/mol. The van der Waals surface area contributed by atoms with Crippen LogP contribution in [0.3, 0.4) is 0 Å². The molecular formula is C17H23NO3. The van der Waals surface area contributed by atoms with Gasteiger partial charge in [0.05, 0.1) is 13.2 Å². The molecule has 1 aromatic rings. The molecule has 2 N–H and O–H groups in total. The number of nitrogens with zero attached hydrogens (tertiary/aromatic N) is 1. The Hall–Kier alpha value is -1.83. The highest BCUT2D eigenvalue weighted by molar-refractivity contribution is 5.96. The van der Waals surface area contributed by atoms with Crippen LogP contribution in [0.4, 0.5) is 0 Å². The fraction of sp³-hybridized carbons (Fsp3) is 0.471. The van der Waals surface area contributed by atoms with E-state index in [-0.39, 0.29) is 19.1 Å². The van der Waals surface area contributed by atoms with Crippen molar-refractivity contribution in [3.63, 3.8) is 0 Å². The first-order valence-electron chi connectivity index (χ1n) is 7.24. The number of benzene rings is 1. The lowest BCUT2D eigenvalue weighted by Gasteiger charge is -2.22. The van der Waals surface area contributed by atoms with Crippen molar-refractivity contribution in [2.45, 2.75) is 26.7 Å². The number of aryl methyl sites for hydroxylation is 1. The molecule has 0 bridgehead atoms. The molecule has 4 nitrogen and oxygen atoms in total. The molecule has 1 rings (SSSR count). The van der Waals surface area contributed by atoms with Gasteiger partial charge in [-0.25, -0.2) is 0 Å². The highest BCUT2D eigenvalue weighted by atomic mass is 16.3. The fourth-order valence-corrected chi connectivity index (χ4v) is 2.03. The van der Waals surface area contributed by atoms with Crippen LogP contribution in [0.25, 0.3) is 0 Å². The predicted molar refractivity (Wildman–Crippen MR) is 83.0 cm³/mol. The van der Waals surface area contributed by atoms with Gasteiger partial charge >= 0.3 is 0 Å². The maximum absolute atomic E-state index is 12.6. The normalized spacial score (nSPS) is 9.90. The maximum Gasteiger partial charge on any atom is 0.254 e. The summed E-state index contributed by atoms with van der Waals surface area (Å²) in [5.41, 5.74) is 2.28. The summed E-state index contributed by atoms with van der Waals surface area (Å²) in [5.74, 6) is 5.72. The van der Waals surface area contributed by atoms with E-state index in [2.05, 4.69) is 11.8 Å². The second-order valence-corrected chi connectivity index (χ2v) is 4.82. The summed E-state index contributed by atoms with van der Waals surface area (Å²) < 4.78 is 0. The smallest absolute Gasteiger partial charge is 0.254 e. The lowest BCUT2D eigenvalue weighted by molar-refractivity contribution is 0.0721. The SMILES string of the molecule is CCCN(CCO)C(=O)c1cc(C#CCCO)ccc1C. The monoisotopic (exact) mass is 289 g/mol. The summed E-state index contributed by atoms with van der Waals surface area (Å²) in [4.78, 5) is 14.2. The largest absolute Gasteiger partial charge is 0.395 e. The van der Waals surface area contributed by atoms with Gasteiger partial charge in [-0.15, -0.1) is 0 Å². The van der Waals surface area contributed by atoms with Crippen molar-refractivity contribution < 1.29 is 15.0 Å². The molecule has 0 fully saturated rings. The van der Waals surface area contributed by atoms with E-state index in [0.717, 1.165) is 17.5 Å². The topological polar surface area (TPSA) is 60.8 Å². The van der Waals surface area contributed by atoms with Crippen LogP contribution in [-0.2, 0) is 0 Å². The van der Waals surface area contributed by atoms with Gasteiger partial charge < -0.3 is 15.1 Å². The Balaban J connectivity index is 3.02. The van der Waals surface area contributed by atoms with Crippen molar-refractivity contribution in [3.05, 3.63) is 34.9 Å². The van der Waals surface area contributed by atoms with Gasteiger partial charge in [-0.05, 0) is 31.0 Å². The van der Waals surface area contributed by atoms with Crippen LogP contribution in [0.1, 0.15) is 41.3 Å². The molecule has 0 saturated carbocycles. The summed E-state index contributed by atoms with van der Waals surface area (Å²) in [5, 5.41) is 17.8. The van der Waals surface area contributed by atoms with E-state index in [1.165, 1.54) is 0 Å². The van der Waals surface area contributed by atoms with E-state index in [0.29, 0.717) is 25.1 Å². The van der Waals surface area contributed by atoms with Gasteiger partial charge in [-0.1, -0.05) is 24.8 Å². The number of carbonyl (C=O) groups is 1. The first kappa shape index (κ1) is 17.2. The Morgan fingerprint density at radius 1 is 1.24 bits per heavy atom. The number of rotatable bonds is 6. The molecule has 0 atom stereocenters.